The fourth-order valence-electron chi connectivity index (χ4n) is 1.27. The molecule has 15 heavy (non-hydrogen) atoms. The van der Waals surface area contributed by atoms with Crippen molar-refractivity contribution in [2.24, 2.45) is 17.6 Å². The Balaban J connectivity index is 2.45. The van der Waals surface area contributed by atoms with E-state index in [1.54, 1.807) is 0 Å². The molecule has 0 fully saturated rings. The summed E-state index contributed by atoms with van der Waals surface area (Å²) in [6.45, 7) is 5.63. The van der Waals surface area contributed by atoms with Gasteiger partial charge in [0.2, 0.25) is 0 Å². The van der Waals surface area contributed by atoms with Crippen molar-refractivity contribution in [3.05, 3.63) is 29.3 Å². The number of ether oxygens (including phenoxy) is 1. The summed E-state index contributed by atoms with van der Waals surface area (Å²) >= 11 is 5.78. The van der Waals surface area contributed by atoms with Crippen LogP contribution in [0.15, 0.2) is 24.3 Å². The minimum Gasteiger partial charge on any atom is -0.493 e. The Bertz CT molecular complexity index is 284. The second kappa shape index (κ2) is 5.99. The van der Waals surface area contributed by atoms with Crippen LogP contribution in [0.4, 0.5) is 0 Å². The number of rotatable bonds is 5. The fraction of sp³-hybridized carbons (Fsp3) is 0.500. The highest BCUT2D eigenvalue weighted by Crippen LogP contribution is 2.17. The number of hydrogen-bond donors (Lipinski definition) is 1. The van der Waals surface area contributed by atoms with Crippen molar-refractivity contribution < 1.29 is 4.74 Å². The maximum absolute atomic E-state index is 5.78. The summed E-state index contributed by atoms with van der Waals surface area (Å²) in [5.74, 6) is 1.79. The number of hydrogen-bond acceptors (Lipinski definition) is 2. The molecule has 1 aromatic carbocycles. The Morgan fingerprint density at radius 3 is 2.33 bits per heavy atom. The van der Waals surface area contributed by atoms with E-state index >= 15 is 0 Å². The zero-order valence-electron chi connectivity index (χ0n) is 9.24. The van der Waals surface area contributed by atoms with Gasteiger partial charge in [-0.2, -0.15) is 0 Å². The Morgan fingerprint density at radius 1 is 1.27 bits per heavy atom. The smallest absolute Gasteiger partial charge is 0.119 e. The van der Waals surface area contributed by atoms with Crippen molar-refractivity contribution in [1.82, 2.24) is 0 Å². The molecule has 0 aromatic heterocycles. The van der Waals surface area contributed by atoms with Gasteiger partial charge in [0.25, 0.3) is 0 Å². The third-order valence-electron chi connectivity index (χ3n) is 2.52. The lowest BCUT2D eigenvalue weighted by Gasteiger charge is -2.19. The molecule has 3 heteroatoms. The van der Waals surface area contributed by atoms with Gasteiger partial charge < -0.3 is 10.5 Å². The molecule has 1 unspecified atom stereocenters. The van der Waals surface area contributed by atoms with Gasteiger partial charge in [-0.05, 0) is 36.7 Å². The van der Waals surface area contributed by atoms with E-state index in [1.807, 2.05) is 24.3 Å². The van der Waals surface area contributed by atoms with E-state index in [-0.39, 0.29) is 0 Å². The highest BCUT2D eigenvalue weighted by molar-refractivity contribution is 6.30. The highest BCUT2D eigenvalue weighted by atomic mass is 35.5. The van der Waals surface area contributed by atoms with Gasteiger partial charge in [0.1, 0.15) is 5.75 Å². The molecule has 84 valence electrons. The summed E-state index contributed by atoms with van der Waals surface area (Å²) in [6, 6.07) is 7.39. The first-order valence-electron chi connectivity index (χ1n) is 5.22. The second-order valence-electron chi connectivity index (χ2n) is 4.00. The second-order valence-corrected chi connectivity index (χ2v) is 4.44. The highest BCUT2D eigenvalue weighted by Gasteiger charge is 2.11. The van der Waals surface area contributed by atoms with Crippen molar-refractivity contribution in [1.29, 1.82) is 0 Å². The van der Waals surface area contributed by atoms with Gasteiger partial charge in [0.15, 0.2) is 0 Å². The molecule has 1 rings (SSSR count). The molecule has 0 aliphatic rings. The van der Waals surface area contributed by atoms with E-state index < -0.39 is 0 Å². The molecule has 1 aromatic rings. The molecule has 0 saturated carbocycles. The average Bonchev–Trinajstić information content (AvgIpc) is 2.21. The lowest BCUT2D eigenvalue weighted by atomic mass is 9.97. The molecule has 2 N–H and O–H groups in total. The lowest BCUT2D eigenvalue weighted by Crippen LogP contribution is -2.26. The maximum Gasteiger partial charge on any atom is 0.119 e. The van der Waals surface area contributed by atoms with Gasteiger partial charge in [0, 0.05) is 10.9 Å². The van der Waals surface area contributed by atoms with Crippen molar-refractivity contribution in [2.75, 3.05) is 13.2 Å². The van der Waals surface area contributed by atoms with Crippen LogP contribution >= 0.6 is 11.6 Å². The van der Waals surface area contributed by atoms with Gasteiger partial charge in [-0.25, -0.2) is 0 Å². The van der Waals surface area contributed by atoms with Crippen LogP contribution in [0.5, 0.6) is 5.75 Å². The van der Waals surface area contributed by atoms with Gasteiger partial charge in [-0.1, -0.05) is 25.4 Å². The molecule has 2 nitrogen and oxygen atoms in total. The maximum atomic E-state index is 5.78. The first kappa shape index (κ1) is 12.3. The molecular weight excluding hydrogens is 210 g/mol. The quantitative estimate of drug-likeness (QED) is 0.840. The zero-order chi connectivity index (χ0) is 11.3. The topological polar surface area (TPSA) is 35.2 Å². The summed E-state index contributed by atoms with van der Waals surface area (Å²) in [5.41, 5.74) is 5.66. The van der Waals surface area contributed by atoms with E-state index in [0.717, 1.165) is 10.8 Å². The number of benzene rings is 1. The average molecular weight is 228 g/mol. The third kappa shape index (κ3) is 4.10. The Kier molecular flexibility index (Phi) is 4.92. The van der Waals surface area contributed by atoms with Gasteiger partial charge in [-0.3, -0.25) is 0 Å². The molecule has 0 aliphatic heterocycles. The summed E-state index contributed by atoms with van der Waals surface area (Å²) in [6.07, 6.45) is 0. The Labute approximate surface area is 96.4 Å². The van der Waals surface area contributed by atoms with Crippen LogP contribution in [0, 0.1) is 11.8 Å². The van der Waals surface area contributed by atoms with E-state index in [9.17, 15) is 0 Å². The largest absolute Gasteiger partial charge is 0.493 e. The molecule has 0 saturated heterocycles. The van der Waals surface area contributed by atoms with Crippen molar-refractivity contribution >= 4 is 11.6 Å². The van der Waals surface area contributed by atoms with Crippen LogP contribution < -0.4 is 10.5 Å². The predicted octanol–water partition coefficient (Wildman–Crippen LogP) is 2.95. The Hall–Kier alpha value is -0.730. The van der Waals surface area contributed by atoms with Crippen molar-refractivity contribution in [2.45, 2.75) is 13.8 Å². The van der Waals surface area contributed by atoms with Gasteiger partial charge in [0.05, 0.1) is 6.61 Å². The molecule has 0 heterocycles. The SMILES string of the molecule is CC(C)C(CN)COc1ccc(Cl)cc1. The summed E-state index contributed by atoms with van der Waals surface area (Å²) in [5, 5.41) is 0.724. The van der Waals surface area contributed by atoms with Crippen LogP contribution in [-0.4, -0.2) is 13.2 Å². The molecule has 0 aliphatic carbocycles. The number of nitrogens with two attached hydrogens (primary N) is 1. The summed E-state index contributed by atoms with van der Waals surface area (Å²) in [7, 11) is 0. The molecule has 0 bridgehead atoms. The third-order valence-corrected chi connectivity index (χ3v) is 2.78. The van der Waals surface area contributed by atoms with Gasteiger partial charge >= 0.3 is 0 Å². The van der Waals surface area contributed by atoms with E-state index in [4.69, 9.17) is 22.1 Å². The lowest BCUT2D eigenvalue weighted by molar-refractivity contribution is 0.214. The minimum absolute atomic E-state index is 0.403. The molecule has 1 atom stereocenters. The molecule has 0 radical (unpaired) electrons. The van der Waals surface area contributed by atoms with Gasteiger partial charge in [-0.15, -0.1) is 0 Å². The van der Waals surface area contributed by atoms with E-state index in [2.05, 4.69) is 13.8 Å². The van der Waals surface area contributed by atoms with Crippen molar-refractivity contribution in [3.8, 4) is 5.75 Å². The van der Waals surface area contributed by atoms with Crippen LogP contribution in [0.1, 0.15) is 13.8 Å². The Morgan fingerprint density at radius 2 is 1.87 bits per heavy atom. The summed E-state index contributed by atoms with van der Waals surface area (Å²) in [4.78, 5) is 0. The zero-order valence-corrected chi connectivity index (χ0v) is 10.00. The molecule has 0 amide bonds. The molecule has 0 spiro atoms. The monoisotopic (exact) mass is 227 g/mol. The first-order chi connectivity index (χ1) is 7.13. The predicted molar refractivity (Wildman–Crippen MR) is 64.3 cm³/mol. The molecular formula is C12H18ClNO. The first-order valence-corrected chi connectivity index (χ1v) is 5.59. The normalized spacial score (nSPS) is 12.9. The number of halogens is 1. The van der Waals surface area contributed by atoms with Crippen LogP contribution in [0.3, 0.4) is 0 Å². The standard InChI is InChI=1S/C12H18ClNO/c1-9(2)10(7-14)8-15-12-5-3-11(13)4-6-12/h3-6,9-10H,7-8,14H2,1-2H3. The van der Waals surface area contributed by atoms with Crippen LogP contribution in [0.25, 0.3) is 0 Å². The van der Waals surface area contributed by atoms with E-state index in [0.29, 0.717) is 25.0 Å². The minimum atomic E-state index is 0.403. The fourth-order valence-corrected chi connectivity index (χ4v) is 1.39. The summed E-state index contributed by atoms with van der Waals surface area (Å²) < 4.78 is 5.64. The van der Waals surface area contributed by atoms with Crippen molar-refractivity contribution in [3.63, 3.8) is 0 Å². The van der Waals surface area contributed by atoms with Crippen LogP contribution in [-0.2, 0) is 0 Å². The van der Waals surface area contributed by atoms with Crippen LogP contribution in [0.2, 0.25) is 5.02 Å². The van der Waals surface area contributed by atoms with E-state index in [1.165, 1.54) is 0 Å².